The second kappa shape index (κ2) is 9.49. The van der Waals surface area contributed by atoms with E-state index in [1.54, 1.807) is 26.0 Å². The molecule has 0 bridgehead atoms. The van der Waals surface area contributed by atoms with Crippen LogP contribution in [0.2, 0.25) is 0 Å². The SMILES string of the molecule is CC(C)(NC(=O)c1ccccc1)C(=O)N1CCOC[C@@H](Cc2cccc3cccnc23)C1. The van der Waals surface area contributed by atoms with Gasteiger partial charge in [0.15, 0.2) is 0 Å². The van der Waals surface area contributed by atoms with Gasteiger partial charge in [-0.15, -0.1) is 0 Å². The summed E-state index contributed by atoms with van der Waals surface area (Å²) in [5.41, 5.74) is 1.66. The molecule has 1 saturated heterocycles. The Morgan fingerprint density at radius 1 is 1.09 bits per heavy atom. The summed E-state index contributed by atoms with van der Waals surface area (Å²) in [4.78, 5) is 32.4. The van der Waals surface area contributed by atoms with E-state index in [-0.39, 0.29) is 17.7 Å². The molecular formula is C26H29N3O3. The van der Waals surface area contributed by atoms with Crippen molar-refractivity contribution >= 4 is 22.7 Å². The van der Waals surface area contributed by atoms with Crippen LogP contribution >= 0.6 is 0 Å². The molecular weight excluding hydrogens is 402 g/mol. The average Bonchev–Trinajstić information content (AvgIpc) is 3.04. The molecule has 1 aromatic heterocycles. The largest absolute Gasteiger partial charge is 0.379 e. The number of hydrogen-bond acceptors (Lipinski definition) is 4. The number of carbonyl (C=O) groups is 2. The predicted octanol–water partition coefficient (Wildman–Crippen LogP) is 3.46. The Kier molecular flexibility index (Phi) is 6.51. The highest BCUT2D eigenvalue weighted by atomic mass is 16.5. The van der Waals surface area contributed by atoms with Crippen molar-refractivity contribution in [1.82, 2.24) is 15.2 Å². The topological polar surface area (TPSA) is 71.5 Å². The molecule has 1 N–H and O–H groups in total. The quantitative estimate of drug-likeness (QED) is 0.672. The molecule has 2 heterocycles. The maximum atomic E-state index is 13.4. The van der Waals surface area contributed by atoms with Gasteiger partial charge >= 0.3 is 0 Å². The van der Waals surface area contributed by atoms with Gasteiger partial charge in [-0.25, -0.2) is 0 Å². The first-order chi connectivity index (χ1) is 15.4. The predicted molar refractivity (Wildman–Crippen MR) is 124 cm³/mol. The fourth-order valence-corrected chi connectivity index (χ4v) is 4.23. The molecule has 166 valence electrons. The molecule has 1 atom stereocenters. The van der Waals surface area contributed by atoms with E-state index in [1.807, 2.05) is 41.4 Å². The molecule has 0 radical (unpaired) electrons. The van der Waals surface area contributed by atoms with Gasteiger partial charge in [0.2, 0.25) is 5.91 Å². The molecule has 6 heteroatoms. The van der Waals surface area contributed by atoms with E-state index in [2.05, 4.69) is 28.5 Å². The van der Waals surface area contributed by atoms with Crippen LogP contribution in [0.25, 0.3) is 10.9 Å². The minimum Gasteiger partial charge on any atom is -0.379 e. The van der Waals surface area contributed by atoms with Gasteiger partial charge in [-0.3, -0.25) is 14.6 Å². The van der Waals surface area contributed by atoms with Crippen LogP contribution in [0.1, 0.15) is 29.8 Å². The number of pyridine rings is 1. The summed E-state index contributed by atoms with van der Waals surface area (Å²) < 4.78 is 5.83. The lowest BCUT2D eigenvalue weighted by Gasteiger charge is -2.33. The molecule has 0 saturated carbocycles. The number of para-hydroxylation sites is 1. The van der Waals surface area contributed by atoms with Crippen molar-refractivity contribution in [2.24, 2.45) is 5.92 Å². The van der Waals surface area contributed by atoms with Crippen LogP contribution in [-0.4, -0.2) is 53.5 Å². The highest BCUT2D eigenvalue weighted by Gasteiger charge is 2.35. The molecule has 6 nitrogen and oxygen atoms in total. The van der Waals surface area contributed by atoms with Crippen LogP contribution in [0, 0.1) is 5.92 Å². The number of carbonyl (C=O) groups excluding carboxylic acids is 2. The summed E-state index contributed by atoms with van der Waals surface area (Å²) in [6, 6.07) is 19.1. The summed E-state index contributed by atoms with van der Waals surface area (Å²) >= 11 is 0. The minimum atomic E-state index is -1.02. The molecule has 2 amide bonds. The van der Waals surface area contributed by atoms with E-state index in [0.717, 1.165) is 22.9 Å². The number of fused-ring (bicyclic) bond motifs is 1. The van der Waals surface area contributed by atoms with Crippen molar-refractivity contribution in [2.45, 2.75) is 25.8 Å². The van der Waals surface area contributed by atoms with Gasteiger partial charge in [0, 0.05) is 36.2 Å². The lowest BCUT2D eigenvalue weighted by molar-refractivity contribution is -0.137. The monoisotopic (exact) mass is 431 g/mol. The van der Waals surface area contributed by atoms with Crippen LogP contribution < -0.4 is 5.32 Å². The molecule has 0 spiro atoms. The summed E-state index contributed by atoms with van der Waals surface area (Å²) in [6.07, 6.45) is 2.58. The first kappa shape index (κ1) is 22.0. The van der Waals surface area contributed by atoms with Crippen LogP contribution in [0.4, 0.5) is 0 Å². The summed E-state index contributed by atoms with van der Waals surface area (Å²) in [5.74, 6) is -0.212. The molecule has 3 aromatic rings. The van der Waals surface area contributed by atoms with Gasteiger partial charge in [-0.2, -0.15) is 0 Å². The number of nitrogens with zero attached hydrogens (tertiary/aromatic N) is 2. The van der Waals surface area contributed by atoms with Crippen molar-refractivity contribution in [2.75, 3.05) is 26.3 Å². The van der Waals surface area contributed by atoms with Crippen LogP contribution in [0.15, 0.2) is 66.9 Å². The number of aromatic nitrogens is 1. The molecule has 2 aromatic carbocycles. The fraction of sp³-hybridized carbons (Fsp3) is 0.346. The van der Waals surface area contributed by atoms with E-state index >= 15 is 0 Å². The van der Waals surface area contributed by atoms with Crippen LogP contribution in [0.3, 0.4) is 0 Å². The molecule has 1 fully saturated rings. The first-order valence-corrected chi connectivity index (χ1v) is 11.0. The van der Waals surface area contributed by atoms with Crippen molar-refractivity contribution in [3.63, 3.8) is 0 Å². The Balaban J connectivity index is 1.47. The molecule has 0 aliphatic carbocycles. The van der Waals surface area contributed by atoms with Crippen LogP contribution in [-0.2, 0) is 16.0 Å². The second-order valence-electron chi connectivity index (χ2n) is 8.83. The third kappa shape index (κ3) is 4.97. The molecule has 1 aliphatic heterocycles. The smallest absolute Gasteiger partial charge is 0.252 e. The van der Waals surface area contributed by atoms with Crippen molar-refractivity contribution in [1.29, 1.82) is 0 Å². The zero-order chi connectivity index (χ0) is 22.6. The number of hydrogen-bond donors (Lipinski definition) is 1. The van der Waals surface area contributed by atoms with Crippen molar-refractivity contribution in [3.05, 3.63) is 78.0 Å². The molecule has 4 rings (SSSR count). The Bertz CT molecular complexity index is 1090. The molecule has 32 heavy (non-hydrogen) atoms. The summed E-state index contributed by atoms with van der Waals surface area (Å²) in [5, 5.41) is 4.01. The van der Waals surface area contributed by atoms with Gasteiger partial charge in [0.05, 0.1) is 18.7 Å². The number of amides is 2. The Morgan fingerprint density at radius 2 is 1.88 bits per heavy atom. The second-order valence-corrected chi connectivity index (χ2v) is 8.83. The van der Waals surface area contributed by atoms with Crippen molar-refractivity contribution in [3.8, 4) is 0 Å². The number of nitrogens with one attached hydrogen (secondary N) is 1. The van der Waals surface area contributed by atoms with E-state index in [4.69, 9.17) is 4.74 Å². The minimum absolute atomic E-state index is 0.103. The Labute approximate surface area is 188 Å². The van der Waals surface area contributed by atoms with Gasteiger partial charge in [0.1, 0.15) is 5.54 Å². The zero-order valence-corrected chi connectivity index (χ0v) is 18.6. The van der Waals surface area contributed by atoms with E-state index < -0.39 is 5.54 Å². The van der Waals surface area contributed by atoms with E-state index in [9.17, 15) is 9.59 Å². The number of rotatable bonds is 5. The average molecular weight is 432 g/mol. The maximum Gasteiger partial charge on any atom is 0.252 e. The molecule has 0 unspecified atom stereocenters. The number of benzene rings is 2. The fourth-order valence-electron chi connectivity index (χ4n) is 4.23. The summed E-state index contributed by atoms with van der Waals surface area (Å²) in [7, 11) is 0. The van der Waals surface area contributed by atoms with Crippen LogP contribution in [0.5, 0.6) is 0 Å². The van der Waals surface area contributed by atoms with Crippen molar-refractivity contribution < 1.29 is 14.3 Å². The zero-order valence-electron chi connectivity index (χ0n) is 18.6. The highest BCUT2D eigenvalue weighted by Crippen LogP contribution is 2.22. The first-order valence-electron chi connectivity index (χ1n) is 11.0. The third-order valence-corrected chi connectivity index (χ3v) is 5.85. The Hall–Kier alpha value is -3.25. The van der Waals surface area contributed by atoms with Gasteiger partial charge < -0.3 is 15.0 Å². The number of ether oxygens (including phenoxy) is 1. The van der Waals surface area contributed by atoms with E-state index in [1.165, 1.54) is 0 Å². The third-order valence-electron chi connectivity index (χ3n) is 5.85. The van der Waals surface area contributed by atoms with Gasteiger partial charge in [-0.1, -0.05) is 42.5 Å². The highest BCUT2D eigenvalue weighted by molar-refractivity contribution is 5.98. The Morgan fingerprint density at radius 3 is 2.69 bits per heavy atom. The van der Waals surface area contributed by atoms with Gasteiger partial charge in [0.25, 0.3) is 5.91 Å². The van der Waals surface area contributed by atoms with E-state index in [0.29, 0.717) is 31.9 Å². The molecule has 1 aliphatic rings. The van der Waals surface area contributed by atoms with Gasteiger partial charge in [-0.05, 0) is 44.0 Å². The summed E-state index contributed by atoms with van der Waals surface area (Å²) in [6.45, 7) is 5.67. The normalized spacial score (nSPS) is 17.1. The standard InChI is InChI=1S/C26H29N3O3/c1-26(2,28-24(30)21-8-4-3-5-9-21)25(31)29-14-15-32-18-19(17-29)16-22-11-6-10-20-12-7-13-27-23(20)22/h3-13,19H,14-18H2,1-2H3,(H,28,30)/t19-/m0/s1. The lowest BCUT2D eigenvalue weighted by atomic mass is 9.96. The lowest BCUT2D eigenvalue weighted by Crippen LogP contribution is -2.56. The maximum absolute atomic E-state index is 13.4.